The van der Waals surface area contributed by atoms with Gasteiger partial charge in [-0.1, -0.05) is 48.0 Å². The van der Waals surface area contributed by atoms with Crippen molar-refractivity contribution in [2.75, 3.05) is 39.3 Å². The first kappa shape index (κ1) is 20.6. The first-order valence-corrected chi connectivity index (χ1v) is 11.0. The van der Waals surface area contributed by atoms with Crippen LogP contribution in [-0.2, 0) is 11.3 Å². The van der Waals surface area contributed by atoms with Gasteiger partial charge in [-0.15, -0.1) is 0 Å². The molecule has 0 spiro atoms. The molecule has 0 radical (unpaired) electrons. The summed E-state index contributed by atoms with van der Waals surface area (Å²) in [6.07, 6.45) is 1.53. The van der Waals surface area contributed by atoms with Crippen LogP contribution in [0.4, 0.5) is 0 Å². The van der Waals surface area contributed by atoms with E-state index in [4.69, 9.17) is 0 Å². The SMILES string of the molecule is Cc1ccc(C(=O)N2CCC(C(=O)N3CCN(Cc4ccccc4)CC3)CC2)cc1. The third-order valence-electron chi connectivity index (χ3n) is 6.36. The van der Waals surface area contributed by atoms with E-state index in [9.17, 15) is 9.59 Å². The molecule has 158 valence electrons. The number of amides is 2. The number of benzene rings is 2. The molecule has 5 heteroatoms. The topological polar surface area (TPSA) is 43.9 Å². The third-order valence-corrected chi connectivity index (χ3v) is 6.36. The number of likely N-dealkylation sites (tertiary alicyclic amines) is 1. The lowest BCUT2D eigenvalue weighted by molar-refractivity contribution is -0.138. The molecule has 2 aliphatic heterocycles. The number of hydrogen-bond donors (Lipinski definition) is 0. The molecule has 2 fully saturated rings. The molecular weight excluding hydrogens is 374 g/mol. The van der Waals surface area contributed by atoms with E-state index in [1.807, 2.05) is 47.1 Å². The Morgan fingerprint density at radius 1 is 0.800 bits per heavy atom. The van der Waals surface area contributed by atoms with Gasteiger partial charge in [0, 0.05) is 57.3 Å². The fraction of sp³-hybridized carbons (Fsp3) is 0.440. The number of hydrogen-bond acceptors (Lipinski definition) is 3. The van der Waals surface area contributed by atoms with E-state index in [1.165, 1.54) is 5.56 Å². The molecule has 2 aromatic carbocycles. The normalized spacial score (nSPS) is 18.4. The van der Waals surface area contributed by atoms with Crippen molar-refractivity contribution in [3.63, 3.8) is 0 Å². The van der Waals surface area contributed by atoms with Crippen molar-refractivity contribution in [2.45, 2.75) is 26.3 Å². The van der Waals surface area contributed by atoms with Gasteiger partial charge in [0.1, 0.15) is 0 Å². The molecule has 0 unspecified atom stereocenters. The first-order valence-electron chi connectivity index (χ1n) is 11.0. The summed E-state index contributed by atoms with van der Waals surface area (Å²) in [7, 11) is 0. The summed E-state index contributed by atoms with van der Waals surface area (Å²) in [6, 6.07) is 18.2. The van der Waals surface area contributed by atoms with Gasteiger partial charge in [0.25, 0.3) is 5.91 Å². The Bertz CT molecular complexity index is 850. The van der Waals surface area contributed by atoms with E-state index < -0.39 is 0 Å². The molecule has 0 bridgehead atoms. The van der Waals surface area contributed by atoms with E-state index in [2.05, 4.69) is 29.2 Å². The van der Waals surface area contributed by atoms with Gasteiger partial charge in [-0.25, -0.2) is 0 Å². The quantitative estimate of drug-likeness (QED) is 0.785. The highest BCUT2D eigenvalue weighted by Crippen LogP contribution is 2.22. The van der Waals surface area contributed by atoms with Gasteiger partial charge >= 0.3 is 0 Å². The number of piperidine rings is 1. The molecule has 2 heterocycles. The lowest BCUT2D eigenvalue weighted by Crippen LogP contribution is -2.51. The molecule has 2 aliphatic rings. The lowest BCUT2D eigenvalue weighted by atomic mass is 9.94. The van der Waals surface area contributed by atoms with Crippen molar-refractivity contribution in [2.24, 2.45) is 5.92 Å². The number of rotatable bonds is 4. The number of carbonyl (C=O) groups is 2. The van der Waals surface area contributed by atoms with Crippen LogP contribution in [0.1, 0.15) is 34.3 Å². The molecule has 0 saturated carbocycles. The van der Waals surface area contributed by atoms with Gasteiger partial charge in [0.05, 0.1) is 0 Å². The van der Waals surface area contributed by atoms with Crippen LogP contribution < -0.4 is 0 Å². The predicted molar refractivity (Wildman–Crippen MR) is 118 cm³/mol. The van der Waals surface area contributed by atoms with Crippen LogP contribution in [0.3, 0.4) is 0 Å². The van der Waals surface area contributed by atoms with E-state index in [0.29, 0.717) is 13.1 Å². The molecular formula is C25H31N3O2. The summed E-state index contributed by atoms with van der Waals surface area (Å²) in [5.41, 5.74) is 3.21. The van der Waals surface area contributed by atoms with E-state index >= 15 is 0 Å². The summed E-state index contributed by atoms with van der Waals surface area (Å²) in [5.74, 6) is 0.403. The minimum Gasteiger partial charge on any atom is -0.340 e. The maximum atomic E-state index is 13.0. The smallest absolute Gasteiger partial charge is 0.253 e. The fourth-order valence-electron chi connectivity index (χ4n) is 4.43. The summed E-state index contributed by atoms with van der Waals surface area (Å²) in [6.45, 7) is 7.74. The molecule has 0 atom stereocenters. The van der Waals surface area contributed by atoms with Crippen molar-refractivity contribution < 1.29 is 9.59 Å². The van der Waals surface area contributed by atoms with Crippen LogP contribution >= 0.6 is 0 Å². The van der Waals surface area contributed by atoms with Crippen molar-refractivity contribution >= 4 is 11.8 Å². The highest BCUT2D eigenvalue weighted by Gasteiger charge is 2.31. The number of piperazine rings is 1. The molecule has 2 amide bonds. The molecule has 4 rings (SSSR count). The standard InChI is InChI=1S/C25H31N3O2/c1-20-7-9-22(10-8-20)24(29)27-13-11-23(12-14-27)25(30)28-17-15-26(16-18-28)19-21-5-3-2-4-6-21/h2-10,23H,11-19H2,1H3. The zero-order valence-corrected chi connectivity index (χ0v) is 17.8. The fourth-order valence-corrected chi connectivity index (χ4v) is 4.43. The lowest BCUT2D eigenvalue weighted by Gasteiger charge is -2.38. The van der Waals surface area contributed by atoms with Crippen LogP contribution in [0.5, 0.6) is 0 Å². The third kappa shape index (κ3) is 4.90. The summed E-state index contributed by atoms with van der Waals surface area (Å²) in [4.78, 5) is 32.1. The maximum Gasteiger partial charge on any atom is 0.253 e. The van der Waals surface area contributed by atoms with Gasteiger partial charge < -0.3 is 9.80 Å². The van der Waals surface area contributed by atoms with Crippen molar-refractivity contribution in [3.8, 4) is 0 Å². The molecule has 30 heavy (non-hydrogen) atoms. The average molecular weight is 406 g/mol. The number of aryl methyl sites for hydroxylation is 1. The number of nitrogens with zero attached hydrogens (tertiary/aromatic N) is 3. The predicted octanol–water partition coefficient (Wildman–Crippen LogP) is 3.19. The second-order valence-electron chi connectivity index (χ2n) is 8.52. The van der Waals surface area contributed by atoms with Gasteiger partial charge in [-0.3, -0.25) is 14.5 Å². The molecule has 5 nitrogen and oxygen atoms in total. The average Bonchev–Trinajstić information content (AvgIpc) is 2.80. The molecule has 0 N–H and O–H groups in total. The Balaban J connectivity index is 1.24. The van der Waals surface area contributed by atoms with Crippen LogP contribution in [0.2, 0.25) is 0 Å². The van der Waals surface area contributed by atoms with Crippen LogP contribution in [0.25, 0.3) is 0 Å². The second kappa shape index (κ2) is 9.43. The second-order valence-corrected chi connectivity index (χ2v) is 8.52. The van der Waals surface area contributed by atoms with E-state index in [1.54, 1.807) is 0 Å². The van der Waals surface area contributed by atoms with Gasteiger partial charge in [-0.2, -0.15) is 0 Å². The molecule has 2 saturated heterocycles. The first-order chi connectivity index (χ1) is 14.6. The molecule has 0 aromatic heterocycles. The van der Waals surface area contributed by atoms with Crippen LogP contribution in [0.15, 0.2) is 54.6 Å². The summed E-state index contributed by atoms with van der Waals surface area (Å²) < 4.78 is 0. The highest BCUT2D eigenvalue weighted by atomic mass is 16.2. The summed E-state index contributed by atoms with van der Waals surface area (Å²) >= 11 is 0. The Morgan fingerprint density at radius 2 is 1.43 bits per heavy atom. The molecule has 0 aliphatic carbocycles. The Kier molecular flexibility index (Phi) is 6.48. The zero-order valence-electron chi connectivity index (χ0n) is 17.8. The Morgan fingerprint density at radius 3 is 2.07 bits per heavy atom. The van der Waals surface area contributed by atoms with E-state index in [-0.39, 0.29) is 17.7 Å². The zero-order chi connectivity index (χ0) is 20.9. The minimum absolute atomic E-state index is 0.0488. The van der Waals surface area contributed by atoms with Gasteiger partial charge in [0.15, 0.2) is 0 Å². The Hall–Kier alpha value is -2.66. The maximum absolute atomic E-state index is 13.0. The molecule has 2 aromatic rings. The number of carbonyl (C=O) groups excluding carboxylic acids is 2. The van der Waals surface area contributed by atoms with Gasteiger partial charge in [0.2, 0.25) is 5.91 Å². The minimum atomic E-state index is 0.0488. The van der Waals surface area contributed by atoms with Crippen molar-refractivity contribution in [3.05, 3.63) is 71.3 Å². The van der Waals surface area contributed by atoms with Crippen molar-refractivity contribution in [1.82, 2.24) is 14.7 Å². The summed E-state index contributed by atoms with van der Waals surface area (Å²) in [5, 5.41) is 0. The monoisotopic (exact) mass is 405 g/mol. The highest BCUT2D eigenvalue weighted by molar-refractivity contribution is 5.94. The van der Waals surface area contributed by atoms with Crippen LogP contribution in [0, 0.1) is 12.8 Å². The largest absolute Gasteiger partial charge is 0.340 e. The Labute approximate surface area is 179 Å². The van der Waals surface area contributed by atoms with Gasteiger partial charge in [-0.05, 0) is 37.5 Å². The van der Waals surface area contributed by atoms with Crippen LogP contribution in [-0.4, -0.2) is 65.8 Å². The van der Waals surface area contributed by atoms with E-state index in [0.717, 1.165) is 56.7 Å². The van der Waals surface area contributed by atoms with Crippen molar-refractivity contribution in [1.29, 1.82) is 0 Å².